The lowest BCUT2D eigenvalue weighted by Crippen LogP contribution is -2.34. The van der Waals surface area contributed by atoms with E-state index in [0.717, 1.165) is 13.0 Å². The molecule has 0 saturated carbocycles. The fourth-order valence-corrected chi connectivity index (χ4v) is 1.87. The van der Waals surface area contributed by atoms with Crippen LogP contribution in [0.3, 0.4) is 0 Å². The van der Waals surface area contributed by atoms with Crippen molar-refractivity contribution in [1.82, 2.24) is 5.32 Å². The van der Waals surface area contributed by atoms with Gasteiger partial charge in [0, 0.05) is 5.69 Å². The third-order valence-corrected chi connectivity index (χ3v) is 2.91. The lowest BCUT2D eigenvalue weighted by Gasteiger charge is -2.23. The molecule has 0 saturated heterocycles. The molecule has 6 nitrogen and oxygen atoms in total. The molecule has 0 fully saturated rings. The van der Waals surface area contributed by atoms with Crippen molar-refractivity contribution >= 4 is 23.2 Å². The summed E-state index contributed by atoms with van der Waals surface area (Å²) < 4.78 is 5.45. The molecule has 0 aliphatic carbocycles. The van der Waals surface area contributed by atoms with E-state index in [0.29, 0.717) is 17.1 Å². The van der Waals surface area contributed by atoms with Gasteiger partial charge in [-0.25, -0.2) is 0 Å². The molecule has 0 aromatic heterocycles. The van der Waals surface area contributed by atoms with E-state index in [4.69, 9.17) is 4.74 Å². The van der Waals surface area contributed by atoms with Gasteiger partial charge in [0.25, 0.3) is 5.91 Å². The summed E-state index contributed by atoms with van der Waals surface area (Å²) in [6.45, 7) is 4.80. The van der Waals surface area contributed by atoms with Crippen molar-refractivity contribution in [1.29, 1.82) is 0 Å². The first-order chi connectivity index (χ1) is 9.60. The molecule has 1 heterocycles. The molecule has 1 aromatic carbocycles. The standard InChI is InChI=1S/C14H19N3O3/c1-3-6-15-8-13(18)16-10-4-5-12-11(7-10)17-14(19)9(2)20-12/h4-5,7,9,15H,3,6,8H2,1-2H3,(H,16,18)(H,17,19). The number of anilines is 2. The van der Waals surface area contributed by atoms with Gasteiger partial charge in [-0.15, -0.1) is 0 Å². The molecule has 1 aromatic rings. The SMILES string of the molecule is CCCNCC(=O)Nc1ccc2c(c1)NC(=O)C(C)O2. The molecular formula is C14H19N3O3. The lowest BCUT2D eigenvalue weighted by molar-refractivity contribution is -0.122. The molecule has 0 spiro atoms. The van der Waals surface area contributed by atoms with Gasteiger partial charge < -0.3 is 20.7 Å². The second-order valence-electron chi connectivity index (χ2n) is 4.69. The Labute approximate surface area is 117 Å². The molecule has 1 atom stereocenters. The van der Waals surface area contributed by atoms with Crippen LogP contribution in [0.5, 0.6) is 5.75 Å². The van der Waals surface area contributed by atoms with Gasteiger partial charge in [-0.05, 0) is 38.1 Å². The average molecular weight is 277 g/mol. The fourth-order valence-electron chi connectivity index (χ4n) is 1.87. The average Bonchev–Trinajstić information content (AvgIpc) is 2.41. The summed E-state index contributed by atoms with van der Waals surface area (Å²) in [6, 6.07) is 5.18. The van der Waals surface area contributed by atoms with E-state index in [1.54, 1.807) is 25.1 Å². The molecule has 2 rings (SSSR count). The van der Waals surface area contributed by atoms with Crippen molar-refractivity contribution in [2.24, 2.45) is 0 Å². The van der Waals surface area contributed by atoms with E-state index in [9.17, 15) is 9.59 Å². The molecule has 3 N–H and O–H groups in total. The Balaban J connectivity index is 1.99. The second kappa shape index (κ2) is 6.38. The van der Waals surface area contributed by atoms with Gasteiger partial charge in [0.15, 0.2) is 6.10 Å². The normalized spacial score (nSPS) is 16.9. The number of carbonyl (C=O) groups is 2. The third kappa shape index (κ3) is 3.48. The largest absolute Gasteiger partial charge is 0.479 e. The molecule has 6 heteroatoms. The Morgan fingerprint density at radius 2 is 2.25 bits per heavy atom. The van der Waals surface area contributed by atoms with Gasteiger partial charge >= 0.3 is 0 Å². The van der Waals surface area contributed by atoms with E-state index in [2.05, 4.69) is 16.0 Å². The van der Waals surface area contributed by atoms with Crippen LogP contribution in [-0.4, -0.2) is 31.0 Å². The maximum Gasteiger partial charge on any atom is 0.265 e. The first-order valence-corrected chi connectivity index (χ1v) is 6.72. The highest BCUT2D eigenvalue weighted by Crippen LogP contribution is 2.31. The minimum Gasteiger partial charge on any atom is -0.479 e. The zero-order chi connectivity index (χ0) is 14.5. The number of carbonyl (C=O) groups excluding carboxylic acids is 2. The van der Waals surface area contributed by atoms with Gasteiger partial charge in [0.1, 0.15) is 5.75 Å². The Morgan fingerprint density at radius 1 is 1.45 bits per heavy atom. The van der Waals surface area contributed by atoms with Crippen molar-refractivity contribution in [2.75, 3.05) is 23.7 Å². The van der Waals surface area contributed by atoms with Gasteiger partial charge in [-0.3, -0.25) is 9.59 Å². The Hall–Kier alpha value is -2.08. The first-order valence-electron chi connectivity index (χ1n) is 6.72. The molecule has 20 heavy (non-hydrogen) atoms. The fraction of sp³-hybridized carbons (Fsp3) is 0.429. The number of amides is 2. The summed E-state index contributed by atoms with van der Waals surface area (Å²) in [5.74, 6) is 0.305. The van der Waals surface area contributed by atoms with E-state index in [1.165, 1.54) is 0 Å². The van der Waals surface area contributed by atoms with Crippen LogP contribution in [0, 0.1) is 0 Å². The number of fused-ring (bicyclic) bond motifs is 1. The quantitative estimate of drug-likeness (QED) is 0.710. The molecule has 1 unspecified atom stereocenters. The smallest absolute Gasteiger partial charge is 0.265 e. The zero-order valence-electron chi connectivity index (χ0n) is 11.7. The van der Waals surface area contributed by atoms with Gasteiger partial charge in [0.2, 0.25) is 5.91 Å². The summed E-state index contributed by atoms with van der Waals surface area (Å²) in [6.07, 6.45) is 0.481. The Bertz CT molecular complexity index is 516. The molecule has 2 amide bonds. The van der Waals surface area contributed by atoms with E-state index in [1.807, 2.05) is 6.92 Å². The second-order valence-corrected chi connectivity index (χ2v) is 4.69. The first kappa shape index (κ1) is 14.3. The topological polar surface area (TPSA) is 79.5 Å². The lowest BCUT2D eigenvalue weighted by atomic mass is 10.2. The Morgan fingerprint density at radius 3 is 3.00 bits per heavy atom. The number of ether oxygens (including phenoxy) is 1. The van der Waals surface area contributed by atoms with Crippen LogP contribution in [-0.2, 0) is 9.59 Å². The van der Waals surface area contributed by atoms with Crippen LogP contribution in [0.2, 0.25) is 0 Å². The zero-order valence-corrected chi connectivity index (χ0v) is 11.7. The summed E-state index contributed by atoms with van der Waals surface area (Å²) in [5, 5.41) is 8.54. The predicted octanol–water partition coefficient (Wildman–Crippen LogP) is 1.34. The monoisotopic (exact) mass is 277 g/mol. The number of hydrogen-bond acceptors (Lipinski definition) is 4. The highest BCUT2D eigenvalue weighted by atomic mass is 16.5. The van der Waals surface area contributed by atoms with Crippen molar-refractivity contribution in [2.45, 2.75) is 26.4 Å². The Kier molecular flexibility index (Phi) is 4.57. The van der Waals surface area contributed by atoms with Crippen molar-refractivity contribution in [3.8, 4) is 5.75 Å². The third-order valence-electron chi connectivity index (χ3n) is 2.91. The number of benzene rings is 1. The van der Waals surface area contributed by atoms with Crippen LogP contribution in [0.1, 0.15) is 20.3 Å². The van der Waals surface area contributed by atoms with Crippen molar-refractivity contribution in [3.05, 3.63) is 18.2 Å². The van der Waals surface area contributed by atoms with E-state index >= 15 is 0 Å². The van der Waals surface area contributed by atoms with Crippen LogP contribution < -0.4 is 20.7 Å². The van der Waals surface area contributed by atoms with Gasteiger partial charge in [0.05, 0.1) is 12.2 Å². The molecule has 0 bridgehead atoms. The highest BCUT2D eigenvalue weighted by Gasteiger charge is 2.23. The predicted molar refractivity (Wildman–Crippen MR) is 77.0 cm³/mol. The molecule has 1 aliphatic rings. The van der Waals surface area contributed by atoms with Crippen LogP contribution in [0.25, 0.3) is 0 Å². The van der Waals surface area contributed by atoms with Gasteiger partial charge in [-0.2, -0.15) is 0 Å². The van der Waals surface area contributed by atoms with Gasteiger partial charge in [-0.1, -0.05) is 6.92 Å². The summed E-state index contributed by atoms with van der Waals surface area (Å²) in [7, 11) is 0. The van der Waals surface area contributed by atoms with E-state index < -0.39 is 6.10 Å². The van der Waals surface area contributed by atoms with Crippen molar-refractivity contribution < 1.29 is 14.3 Å². The summed E-state index contributed by atoms with van der Waals surface area (Å²) >= 11 is 0. The summed E-state index contributed by atoms with van der Waals surface area (Å²) in [5.41, 5.74) is 1.21. The number of hydrogen-bond donors (Lipinski definition) is 3. The molecular weight excluding hydrogens is 258 g/mol. The van der Waals surface area contributed by atoms with Crippen LogP contribution in [0.4, 0.5) is 11.4 Å². The highest BCUT2D eigenvalue weighted by molar-refractivity contribution is 5.99. The minimum atomic E-state index is -0.499. The summed E-state index contributed by atoms with van der Waals surface area (Å²) in [4.78, 5) is 23.2. The van der Waals surface area contributed by atoms with Crippen molar-refractivity contribution in [3.63, 3.8) is 0 Å². The molecule has 1 aliphatic heterocycles. The number of nitrogens with one attached hydrogen (secondary N) is 3. The number of rotatable bonds is 5. The maximum absolute atomic E-state index is 11.7. The van der Waals surface area contributed by atoms with Crippen LogP contribution in [0.15, 0.2) is 18.2 Å². The maximum atomic E-state index is 11.7. The van der Waals surface area contributed by atoms with Crippen LogP contribution >= 0.6 is 0 Å². The molecule has 108 valence electrons. The van der Waals surface area contributed by atoms with E-state index in [-0.39, 0.29) is 18.4 Å². The molecule has 0 radical (unpaired) electrons. The minimum absolute atomic E-state index is 0.116.